The van der Waals surface area contributed by atoms with Crippen molar-refractivity contribution in [1.29, 1.82) is 0 Å². The molecule has 1 saturated heterocycles. The SMILES string of the molecule is CN(C)Cc1ccc(CN[C@@H]2CCC(=O)N[C@H]2c2ccccc2F)cc1. The van der Waals surface area contributed by atoms with E-state index < -0.39 is 0 Å². The van der Waals surface area contributed by atoms with E-state index in [1.807, 2.05) is 0 Å². The molecule has 2 aromatic rings. The number of rotatable bonds is 6. The van der Waals surface area contributed by atoms with E-state index in [1.165, 1.54) is 17.2 Å². The lowest BCUT2D eigenvalue weighted by Gasteiger charge is -2.33. The molecule has 138 valence electrons. The van der Waals surface area contributed by atoms with Crippen molar-refractivity contribution in [3.8, 4) is 0 Å². The summed E-state index contributed by atoms with van der Waals surface area (Å²) in [4.78, 5) is 14.0. The fourth-order valence-corrected chi connectivity index (χ4v) is 3.42. The highest BCUT2D eigenvalue weighted by Gasteiger charge is 2.31. The molecule has 1 aliphatic rings. The number of nitrogens with zero attached hydrogens (tertiary/aromatic N) is 1. The normalized spacial score (nSPS) is 20.2. The van der Waals surface area contributed by atoms with Crippen molar-refractivity contribution in [3.63, 3.8) is 0 Å². The van der Waals surface area contributed by atoms with Gasteiger partial charge in [-0.1, -0.05) is 42.5 Å². The Balaban J connectivity index is 1.67. The molecule has 1 amide bonds. The smallest absolute Gasteiger partial charge is 0.220 e. The van der Waals surface area contributed by atoms with Crippen molar-refractivity contribution in [2.24, 2.45) is 0 Å². The number of benzene rings is 2. The van der Waals surface area contributed by atoms with Gasteiger partial charge in [0.2, 0.25) is 5.91 Å². The van der Waals surface area contributed by atoms with Crippen LogP contribution in [0.25, 0.3) is 0 Å². The molecule has 2 atom stereocenters. The second-order valence-corrected chi connectivity index (χ2v) is 7.15. The van der Waals surface area contributed by atoms with Gasteiger partial charge in [0, 0.05) is 31.1 Å². The van der Waals surface area contributed by atoms with E-state index in [0.717, 1.165) is 6.54 Å². The second-order valence-electron chi connectivity index (χ2n) is 7.15. The summed E-state index contributed by atoms with van der Waals surface area (Å²) in [5, 5.41) is 6.45. The summed E-state index contributed by atoms with van der Waals surface area (Å²) in [5.41, 5.74) is 2.99. The van der Waals surface area contributed by atoms with Gasteiger partial charge in [-0.2, -0.15) is 0 Å². The van der Waals surface area contributed by atoms with Crippen LogP contribution in [0, 0.1) is 5.82 Å². The van der Waals surface area contributed by atoms with Gasteiger partial charge in [0.15, 0.2) is 0 Å². The summed E-state index contributed by atoms with van der Waals surface area (Å²) in [5.74, 6) is -0.302. The lowest BCUT2D eigenvalue weighted by molar-refractivity contribution is -0.123. The third kappa shape index (κ3) is 4.68. The third-order valence-corrected chi connectivity index (χ3v) is 4.73. The van der Waals surface area contributed by atoms with Crippen LogP contribution in [0.15, 0.2) is 48.5 Å². The van der Waals surface area contributed by atoms with Gasteiger partial charge in [-0.25, -0.2) is 4.39 Å². The number of piperidine rings is 1. The highest BCUT2D eigenvalue weighted by molar-refractivity contribution is 5.77. The van der Waals surface area contributed by atoms with Crippen LogP contribution in [-0.4, -0.2) is 30.9 Å². The lowest BCUT2D eigenvalue weighted by Crippen LogP contribution is -2.48. The fraction of sp³-hybridized carbons (Fsp3) is 0.381. The van der Waals surface area contributed by atoms with E-state index in [-0.39, 0.29) is 23.8 Å². The molecule has 5 heteroatoms. The monoisotopic (exact) mass is 355 g/mol. The van der Waals surface area contributed by atoms with Crippen molar-refractivity contribution < 1.29 is 9.18 Å². The minimum atomic E-state index is -0.342. The Kier molecular flexibility index (Phi) is 6.01. The maximum Gasteiger partial charge on any atom is 0.220 e. The summed E-state index contributed by atoms with van der Waals surface area (Å²) >= 11 is 0. The van der Waals surface area contributed by atoms with Crippen LogP contribution in [0.5, 0.6) is 0 Å². The van der Waals surface area contributed by atoms with Gasteiger partial charge >= 0.3 is 0 Å². The fourth-order valence-electron chi connectivity index (χ4n) is 3.42. The molecule has 1 aliphatic heterocycles. The van der Waals surface area contributed by atoms with Gasteiger partial charge in [-0.3, -0.25) is 4.79 Å². The van der Waals surface area contributed by atoms with Crippen LogP contribution in [0.4, 0.5) is 4.39 Å². The van der Waals surface area contributed by atoms with E-state index in [4.69, 9.17) is 0 Å². The van der Waals surface area contributed by atoms with Crippen molar-refractivity contribution in [2.45, 2.75) is 38.0 Å². The minimum absolute atomic E-state index is 0.00560. The molecule has 0 saturated carbocycles. The number of carbonyl (C=O) groups is 1. The zero-order chi connectivity index (χ0) is 18.5. The molecule has 0 unspecified atom stereocenters. The molecule has 0 aromatic heterocycles. The van der Waals surface area contributed by atoms with Gasteiger partial charge in [-0.05, 0) is 37.7 Å². The summed E-state index contributed by atoms with van der Waals surface area (Å²) in [6.45, 7) is 1.60. The molecule has 2 N–H and O–H groups in total. The van der Waals surface area contributed by atoms with E-state index in [1.54, 1.807) is 18.2 Å². The molecule has 4 nitrogen and oxygen atoms in total. The highest BCUT2D eigenvalue weighted by atomic mass is 19.1. The summed E-state index contributed by atoms with van der Waals surface area (Å²) in [7, 11) is 4.10. The van der Waals surface area contributed by atoms with Crippen LogP contribution in [0.2, 0.25) is 0 Å². The number of carbonyl (C=O) groups excluding carboxylic acids is 1. The number of hydrogen-bond acceptors (Lipinski definition) is 3. The lowest BCUT2D eigenvalue weighted by atomic mass is 9.91. The molecule has 1 heterocycles. The molecule has 1 fully saturated rings. The Morgan fingerprint density at radius 2 is 1.81 bits per heavy atom. The van der Waals surface area contributed by atoms with E-state index in [2.05, 4.69) is 53.9 Å². The number of amides is 1. The number of nitrogens with one attached hydrogen (secondary N) is 2. The molecule has 0 bridgehead atoms. The van der Waals surface area contributed by atoms with Crippen molar-refractivity contribution in [2.75, 3.05) is 14.1 Å². The molecule has 3 rings (SSSR count). The maximum absolute atomic E-state index is 14.2. The standard InChI is InChI=1S/C21H26FN3O/c1-25(2)14-16-9-7-15(8-10-16)13-23-19-11-12-20(26)24-21(19)17-5-3-4-6-18(17)22/h3-10,19,21,23H,11-14H2,1-2H3,(H,24,26)/t19-,21+/m1/s1. The van der Waals surface area contributed by atoms with Gasteiger partial charge < -0.3 is 15.5 Å². The topological polar surface area (TPSA) is 44.4 Å². The van der Waals surface area contributed by atoms with Gasteiger partial charge in [0.1, 0.15) is 5.82 Å². The quantitative estimate of drug-likeness (QED) is 0.837. The van der Waals surface area contributed by atoms with Crippen LogP contribution in [-0.2, 0) is 17.9 Å². The molecule has 0 radical (unpaired) electrons. The largest absolute Gasteiger partial charge is 0.348 e. The van der Waals surface area contributed by atoms with E-state index in [9.17, 15) is 9.18 Å². The summed E-state index contributed by atoms with van der Waals surface area (Å²) in [6.07, 6.45) is 1.16. The third-order valence-electron chi connectivity index (χ3n) is 4.73. The number of hydrogen-bond donors (Lipinski definition) is 2. The van der Waals surface area contributed by atoms with Crippen molar-refractivity contribution in [3.05, 3.63) is 71.0 Å². The van der Waals surface area contributed by atoms with Crippen LogP contribution < -0.4 is 10.6 Å². The molecular formula is C21H26FN3O. The van der Waals surface area contributed by atoms with Crippen LogP contribution in [0.3, 0.4) is 0 Å². The predicted octanol–water partition coefficient (Wildman–Crippen LogP) is 3.00. The first kappa shape index (κ1) is 18.5. The Morgan fingerprint density at radius 3 is 2.50 bits per heavy atom. The Labute approximate surface area is 154 Å². The van der Waals surface area contributed by atoms with Crippen LogP contribution in [0.1, 0.15) is 35.6 Å². The zero-order valence-electron chi connectivity index (χ0n) is 15.3. The first-order valence-electron chi connectivity index (χ1n) is 9.02. The zero-order valence-corrected chi connectivity index (χ0v) is 15.3. The Bertz CT molecular complexity index is 745. The van der Waals surface area contributed by atoms with Crippen LogP contribution >= 0.6 is 0 Å². The second kappa shape index (κ2) is 8.43. The van der Waals surface area contributed by atoms with E-state index in [0.29, 0.717) is 24.9 Å². The molecule has 26 heavy (non-hydrogen) atoms. The average molecular weight is 355 g/mol. The van der Waals surface area contributed by atoms with Gasteiger partial charge in [0.05, 0.1) is 6.04 Å². The Morgan fingerprint density at radius 1 is 1.12 bits per heavy atom. The minimum Gasteiger partial charge on any atom is -0.348 e. The van der Waals surface area contributed by atoms with E-state index >= 15 is 0 Å². The average Bonchev–Trinajstić information content (AvgIpc) is 2.62. The van der Waals surface area contributed by atoms with Gasteiger partial charge in [-0.15, -0.1) is 0 Å². The Hall–Kier alpha value is -2.24. The van der Waals surface area contributed by atoms with Gasteiger partial charge in [0.25, 0.3) is 0 Å². The highest BCUT2D eigenvalue weighted by Crippen LogP contribution is 2.26. The maximum atomic E-state index is 14.2. The first-order valence-corrected chi connectivity index (χ1v) is 9.02. The summed E-state index contributed by atoms with van der Waals surface area (Å²) in [6, 6.07) is 14.8. The first-order chi connectivity index (χ1) is 12.5. The molecule has 0 spiro atoms. The summed E-state index contributed by atoms with van der Waals surface area (Å²) < 4.78 is 14.2. The molecule has 2 aromatic carbocycles. The predicted molar refractivity (Wildman–Crippen MR) is 101 cm³/mol. The molecular weight excluding hydrogens is 329 g/mol. The number of halogens is 1. The van der Waals surface area contributed by atoms with Crippen molar-refractivity contribution in [1.82, 2.24) is 15.5 Å². The molecule has 0 aliphatic carbocycles. The van der Waals surface area contributed by atoms with Crippen molar-refractivity contribution >= 4 is 5.91 Å².